The number of rotatable bonds is 13. The molecule has 5 nitrogen and oxygen atoms in total. The standard InChI is InChI=1S/C18H13N4O.3C4H9.Sn/c23-18(15-11-19-8-9-20-15)14-6-4-13(5-7-14)16-12-22-10-2-1-3-17(22)21-16;3*1-3-4-2;/h1,3-7,9-12,19H,8H2;3*1,3-4H2,2H3;. The number of fused-ring (bicyclic) bond motifs is 1. The van der Waals surface area contributed by atoms with E-state index in [-0.39, 0.29) is 5.78 Å². The third kappa shape index (κ3) is 6.10. The Hall–Kier alpha value is -2.41. The van der Waals surface area contributed by atoms with Gasteiger partial charge in [0.15, 0.2) is 0 Å². The third-order valence-electron chi connectivity index (χ3n) is 7.44. The molecule has 190 valence electrons. The van der Waals surface area contributed by atoms with E-state index in [2.05, 4.69) is 60.0 Å². The summed E-state index contributed by atoms with van der Waals surface area (Å²) in [6.07, 6.45) is 15.9. The number of ketones is 1. The van der Waals surface area contributed by atoms with Crippen LogP contribution < -0.4 is 8.90 Å². The topological polar surface area (TPSA) is 58.8 Å². The van der Waals surface area contributed by atoms with Gasteiger partial charge in [0.25, 0.3) is 0 Å². The summed E-state index contributed by atoms with van der Waals surface area (Å²) >= 11 is -2.49. The summed E-state index contributed by atoms with van der Waals surface area (Å²) < 4.78 is 8.29. The quantitative estimate of drug-likeness (QED) is 0.177. The number of nitrogens with zero attached hydrogens (tertiary/aromatic N) is 3. The van der Waals surface area contributed by atoms with E-state index in [1.165, 1.54) is 51.8 Å². The predicted octanol–water partition coefficient (Wildman–Crippen LogP) is 6.76. The maximum atomic E-state index is 12.7. The predicted molar refractivity (Wildman–Crippen MR) is 154 cm³/mol. The number of hydrogen-bond donors (Lipinski definition) is 1. The van der Waals surface area contributed by atoms with Crippen LogP contribution in [0.2, 0.25) is 13.3 Å². The van der Waals surface area contributed by atoms with Crippen LogP contribution in [0, 0.1) is 0 Å². The van der Waals surface area contributed by atoms with E-state index in [0.29, 0.717) is 17.8 Å². The average Bonchev–Trinajstić information content (AvgIpc) is 3.37. The molecule has 36 heavy (non-hydrogen) atoms. The van der Waals surface area contributed by atoms with Crippen LogP contribution in [-0.4, -0.2) is 46.3 Å². The van der Waals surface area contributed by atoms with Gasteiger partial charge >= 0.3 is 203 Å². The minimum absolute atomic E-state index is 0.0697. The van der Waals surface area contributed by atoms with Crippen LogP contribution in [0.4, 0.5) is 0 Å². The molecule has 2 aromatic heterocycles. The first kappa shape index (κ1) is 26.6. The van der Waals surface area contributed by atoms with Gasteiger partial charge in [0.2, 0.25) is 0 Å². The first-order valence-electron chi connectivity index (χ1n) is 13.7. The molecular formula is C30H40N4OSn. The van der Waals surface area contributed by atoms with Crippen molar-refractivity contribution in [2.45, 2.75) is 72.6 Å². The van der Waals surface area contributed by atoms with Gasteiger partial charge in [0, 0.05) is 12.8 Å². The van der Waals surface area contributed by atoms with E-state index < -0.39 is 18.4 Å². The fourth-order valence-electron chi connectivity index (χ4n) is 5.25. The van der Waals surface area contributed by atoms with E-state index in [9.17, 15) is 4.79 Å². The Bertz CT molecular complexity index is 1200. The van der Waals surface area contributed by atoms with Crippen LogP contribution in [0.3, 0.4) is 0 Å². The van der Waals surface area contributed by atoms with Gasteiger partial charge in [-0.05, 0) is 0 Å². The number of pyridine rings is 1. The number of allylic oxidation sites excluding steroid dienone is 1. The monoisotopic (exact) mass is 592 g/mol. The van der Waals surface area contributed by atoms with Crippen molar-refractivity contribution in [1.82, 2.24) is 14.7 Å². The molecule has 1 aliphatic rings. The summed E-state index contributed by atoms with van der Waals surface area (Å²) in [5.74, 6) is -0.0697. The van der Waals surface area contributed by atoms with Crippen LogP contribution in [0.1, 0.15) is 69.7 Å². The van der Waals surface area contributed by atoms with Gasteiger partial charge in [0.1, 0.15) is 0 Å². The van der Waals surface area contributed by atoms with Crippen LogP contribution >= 0.6 is 0 Å². The number of aromatic nitrogens is 2. The molecule has 6 heteroatoms. The molecule has 3 heterocycles. The van der Waals surface area contributed by atoms with Crippen molar-refractivity contribution in [1.29, 1.82) is 0 Å². The van der Waals surface area contributed by atoms with E-state index in [4.69, 9.17) is 4.98 Å². The number of carbonyl (C=O) groups is 1. The second kappa shape index (κ2) is 12.7. The summed E-state index contributed by atoms with van der Waals surface area (Å²) in [6.45, 7) is 7.65. The van der Waals surface area contributed by atoms with Crippen molar-refractivity contribution < 1.29 is 4.79 Å². The average molecular weight is 591 g/mol. The Morgan fingerprint density at radius 3 is 2.17 bits per heavy atom. The molecule has 0 bridgehead atoms. The molecule has 0 saturated heterocycles. The molecule has 0 fully saturated rings. The number of unbranched alkanes of at least 4 members (excludes halogenated alkanes) is 3. The van der Waals surface area contributed by atoms with Crippen molar-refractivity contribution in [2.24, 2.45) is 4.99 Å². The van der Waals surface area contributed by atoms with Gasteiger partial charge in [-0.2, -0.15) is 0 Å². The Morgan fingerprint density at radius 2 is 1.58 bits per heavy atom. The fraction of sp³-hybridized carbons (Fsp3) is 0.433. The summed E-state index contributed by atoms with van der Waals surface area (Å²) in [6, 6.07) is 12.4. The number of aliphatic imine (C=N–C) groups is 1. The normalized spacial score (nSPS) is 13.6. The molecule has 1 N–H and O–H groups in total. The summed E-state index contributed by atoms with van der Waals surface area (Å²) in [5, 5.41) is 3.05. The Balaban J connectivity index is 1.62. The van der Waals surface area contributed by atoms with Crippen molar-refractivity contribution in [2.75, 3.05) is 6.54 Å². The Kier molecular flexibility index (Phi) is 9.40. The van der Waals surface area contributed by atoms with Gasteiger partial charge in [-0.25, -0.2) is 0 Å². The van der Waals surface area contributed by atoms with Crippen LogP contribution in [-0.2, 0) is 0 Å². The molecule has 0 unspecified atom stereocenters. The van der Waals surface area contributed by atoms with Gasteiger partial charge < -0.3 is 5.32 Å². The number of hydrogen-bond acceptors (Lipinski definition) is 4. The molecule has 0 radical (unpaired) electrons. The Morgan fingerprint density at radius 1 is 0.917 bits per heavy atom. The first-order valence-corrected chi connectivity index (χ1v) is 21.2. The molecule has 0 amide bonds. The van der Waals surface area contributed by atoms with E-state index in [1.807, 2.05) is 24.3 Å². The number of carbonyl (C=O) groups excluding carboxylic acids is 1. The van der Waals surface area contributed by atoms with Gasteiger partial charge in [-0.1, -0.05) is 0 Å². The number of imidazole rings is 1. The van der Waals surface area contributed by atoms with Crippen molar-refractivity contribution in [3.63, 3.8) is 0 Å². The van der Waals surface area contributed by atoms with Crippen molar-refractivity contribution >= 4 is 39.6 Å². The van der Waals surface area contributed by atoms with E-state index in [0.717, 1.165) is 16.9 Å². The molecule has 3 aromatic rings. The summed E-state index contributed by atoms with van der Waals surface area (Å²) in [5.41, 5.74) is 4.04. The van der Waals surface area contributed by atoms with E-state index in [1.54, 1.807) is 16.0 Å². The zero-order valence-corrected chi connectivity index (χ0v) is 24.9. The molecular weight excluding hydrogens is 551 g/mol. The second-order valence-corrected chi connectivity index (χ2v) is 23.3. The summed E-state index contributed by atoms with van der Waals surface area (Å²) in [7, 11) is 0. The zero-order chi connectivity index (χ0) is 25.4. The molecule has 0 aliphatic carbocycles. The van der Waals surface area contributed by atoms with Gasteiger partial charge in [0.05, 0.1) is 0 Å². The minimum atomic E-state index is -2.49. The van der Waals surface area contributed by atoms with Gasteiger partial charge in [-0.15, -0.1) is 0 Å². The second-order valence-electron chi connectivity index (χ2n) is 10.1. The van der Waals surface area contributed by atoms with Crippen molar-refractivity contribution in [3.8, 4) is 11.3 Å². The zero-order valence-electron chi connectivity index (χ0n) is 22.1. The third-order valence-corrected chi connectivity index (χ3v) is 23.0. The molecule has 0 saturated carbocycles. The fourth-order valence-corrected chi connectivity index (χ4v) is 21.1. The molecule has 4 rings (SSSR count). The maximum absolute atomic E-state index is 12.7. The van der Waals surface area contributed by atoms with Crippen LogP contribution in [0.25, 0.3) is 16.9 Å². The SMILES string of the molecule is CCC[CH2][Sn]([CH2]CCC)([CH2]CCC)[c]1ccc2nc(-c3ccc(C(=O)C4=CNCC=N4)cc3)cn2c1. The first-order chi connectivity index (χ1) is 17.6. The van der Waals surface area contributed by atoms with Crippen molar-refractivity contribution in [3.05, 3.63) is 66.3 Å². The number of Topliss-reactive ketones (excluding diaryl/α,β-unsaturated/α-hetero) is 1. The molecule has 1 aliphatic heterocycles. The van der Waals surface area contributed by atoms with Crippen LogP contribution in [0.15, 0.2) is 65.7 Å². The van der Waals surface area contributed by atoms with E-state index >= 15 is 0 Å². The Labute approximate surface area is 220 Å². The number of nitrogens with one attached hydrogen (secondary N) is 1. The summed E-state index contributed by atoms with van der Waals surface area (Å²) in [4.78, 5) is 21.8. The number of benzene rings is 1. The molecule has 1 aromatic carbocycles. The molecule has 0 atom stereocenters. The van der Waals surface area contributed by atoms with Gasteiger partial charge in [-0.3, -0.25) is 0 Å². The molecule has 0 spiro atoms. The van der Waals surface area contributed by atoms with Crippen LogP contribution in [0.5, 0.6) is 0 Å².